The van der Waals surface area contributed by atoms with Crippen LogP contribution in [0, 0.1) is 23.7 Å². The van der Waals surface area contributed by atoms with Gasteiger partial charge in [-0.3, -0.25) is 9.97 Å². The molecule has 4 rings (SSSR count). The Morgan fingerprint density at radius 3 is 2.94 bits per heavy atom. The van der Waals surface area contributed by atoms with Crippen molar-refractivity contribution in [2.24, 2.45) is 23.7 Å². The molecule has 1 heterocycles. The van der Waals surface area contributed by atoms with E-state index in [0.29, 0.717) is 5.92 Å². The summed E-state index contributed by atoms with van der Waals surface area (Å²) >= 11 is 0. The molecular weight excluding hydrogens is 212 g/mol. The van der Waals surface area contributed by atoms with E-state index in [1.165, 1.54) is 25.7 Å². The monoisotopic (exact) mass is 230 g/mol. The number of aliphatic hydroxyl groups is 1. The van der Waals surface area contributed by atoms with E-state index in [1.807, 2.05) is 0 Å². The predicted molar refractivity (Wildman–Crippen MR) is 63.0 cm³/mol. The molecule has 1 N–H and O–H groups in total. The topological polar surface area (TPSA) is 46.0 Å². The van der Waals surface area contributed by atoms with Crippen molar-refractivity contribution in [3.63, 3.8) is 0 Å². The Morgan fingerprint density at radius 2 is 2.12 bits per heavy atom. The van der Waals surface area contributed by atoms with Crippen LogP contribution in [0.5, 0.6) is 0 Å². The van der Waals surface area contributed by atoms with Gasteiger partial charge in [0.25, 0.3) is 0 Å². The van der Waals surface area contributed by atoms with Crippen LogP contribution in [0.25, 0.3) is 0 Å². The fraction of sp³-hybridized carbons (Fsp3) is 0.714. The summed E-state index contributed by atoms with van der Waals surface area (Å²) in [5.41, 5.74) is 0.127. The lowest BCUT2D eigenvalue weighted by Crippen LogP contribution is -2.39. The lowest BCUT2D eigenvalue weighted by atomic mass is 9.71. The second kappa shape index (κ2) is 3.29. The molecule has 1 aromatic heterocycles. The van der Waals surface area contributed by atoms with E-state index in [1.54, 1.807) is 18.6 Å². The van der Waals surface area contributed by atoms with E-state index in [4.69, 9.17) is 0 Å². The molecular formula is C14H18N2O. The highest BCUT2D eigenvalue weighted by Gasteiger charge is 2.61. The summed E-state index contributed by atoms with van der Waals surface area (Å²) in [7, 11) is 0. The summed E-state index contributed by atoms with van der Waals surface area (Å²) in [6.45, 7) is 0. The molecule has 1 aromatic rings. The first kappa shape index (κ1) is 10.0. The summed E-state index contributed by atoms with van der Waals surface area (Å²) in [5, 5.41) is 11.0. The summed E-state index contributed by atoms with van der Waals surface area (Å²) in [6, 6.07) is 0. The van der Waals surface area contributed by atoms with E-state index >= 15 is 0 Å². The van der Waals surface area contributed by atoms with Crippen LogP contribution in [-0.4, -0.2) is 15.1 Å². The highest BCUT2D eigenvalue weighted by atomic mass is 16.3. The van der Waals surface area contributed by atoms with Gasteiger partial charge in [-0.2, -0.15) is 0 Å². The molecule has 90 valence electrons. The van der Waals surface area contributed by atoms with Gasteiger partial charge < -0.3 is 5.11 Å². The van der Waals surface area contributed by atoms with Gasteiger partial charge in [-0.25, -0.2) is 0 Å². The smallest absolute Gasteiger partial charge is 0.111 e. The van der Waals surface area contributed by atoms with Gasteiger partial charge in [-0.05, 0) is 49.4 Å². The predicted octanol–water partition coefficient (Wildman–Crippen LogP) is 2.12. The van der Waals surface area contributed by atoms with Crippen molar-refractivity contribution in [3.8, 4) is 0 Å². The standard InChI is InChI=1S/C14H18N2O/c17-14(13-8-15-4-5-16-13)7-9-6-12(14)11-3-1-2-10(9)11/h4-5,8-12,17H,1-3,6-7H2. The molecule has 3 aliphatic carbocycles. The van der Waals surface area contributed by atoms with Gasteiger partial charge in [0.15, 0.2) is 0 Å². The molecule has 5 atom stereocenters. The van der Waals surface area contributed by atoms with Gasteiger partial charge >= 0.3 is 0 Å². The fourth-order valence-electron chi connectivity index (χ4n) is 4.93. The normalized spacial score (nSPS) is 47.4. The van der Waals surface area contributed by atoms with Crippen molar-refractivity contribution in [3.05, 3.63) is 24.3 Å². The van der Waals surface area contributed by atoms with Crippen molar-refractivity contribution in [2.45, 2.75) is 37.7 Å². The number of aromatic nitrogens is 2. The average molecular weight is 230 g/mol. The minimum atomic E-state index is -0.676. The lowest BCUT2D eigenvalue weighted by molar-refractivity contribution is -0.0549. The first-order valence-corrected chi connectivity index (χ1v) is 6.78. The van der Waals surface area contributed by atoms with Crippen LogP contribution in [0.15, 0.2) is 18.6 Å². The summed E-state index contributed by atoms with van der Waals surface area (Å²) in [4.78, 5) is 8.47. The van der Waals surface area contributed by atoms with Gasteiger partial charge in [-0.15, -0.1) is 0 Å². The van der Waals surface area contributed by atoms with Crippen LogP contribution in [0.3, 0.4) is 0 Å². The van der Waals surface area contributed by atoms with E-state index < -0.39 is 5.60 Å². The van der Waals surface area contributed by atoms with Crippen LogP contribution in [0.1, 0.15) is 37.8 Å². The second-order valence-electron chi connectivity index (χ2n) is 6.08. The van der Waals surface area contributed by atoms with Crippen LogP contribution < -0.4 is 0 Å². The SMILES string of the molecule is OC1(c2cnccn2)CC2CC1C1CCCC21. The average Bonchev–Trinajstić information content (AvgIpc) is 3.00. The molecule has 17 heavy (non-hydrogen) atoms. The maximum Gasteiger partial charge on any atom is 0.111 e. The number of nitrogens with zero attached hydrogens (tertiary/aromatic N) is 2. The molecule has 3 aliphatic rings. The van der Waals surface area contributed by atoms with Gasteiger partial charge in [0.2, 0.25) is 0 Å². The van der Waals surface area contributed by atoms with Crippen molar-refractivity contribution >= 4 is 0 Å². The Hall–Kier alpha value is -0.960. The third-order valence-corrected chi connectivity index (χ3v) is 5.50. The van der Waals surface area contributed by atoms with Crippen molar-refractivity contribution in [1.82, 2.24) is 9.97 Å². The molecule has 5 unspecified atom stereocenters. The minimum Gasteiger partial charge on any atom is -0.383 e. The van der Waals surface area contributed by atoms with Crippen LogP contribution in [0.4, 0.5) is 0 Å². The highest BCUT2D eigenvalue weighted by Crippen LogP contribution is 2.64. The van der Waals surface area contributed by atoms with Crippen molar-refractivity contribution in [1.29, 1.82) is 0 Å². The zero-order chi connectivity index (χ0) is 11.5. The summed E-state index contributed by atoms with van der Waals surface area (Å²) in [5.74, 6) is 2.83. The van der Waals surface area contributed by atoms with E-state index in [9.17, 15) is 5.11 Å². The molecule has 3 nitrogen and oxygen atoms in total. The van der Waals surface area contributed by atoms with E-state index in [2.05, 4.69) is 9.97 Å². The van der Waals surface area contributed by atoms with Crippen molar-refractivity contribution in [2.75, 3.05) is 0 Å². The molecule has 0 spiro atoms. The molecule has 0 aliphatic heterocycles. The van der Waals surface area contributed by atoms with E-state index in [-0.39, 0.29) is 0 Å². The van der Waals surface area contributed by atoms with Gasteiger partial charge in [0, 0.05) is 12.4 Å². The number of hydrogen-bond donors (Lipinski definition) is 1. The Balaban J connectivity index is 1.73. The van der Waals surface area contributed by atoms with Gasteiger partial charge in [0.05, 0.1) is 11.9 Å². The third kappa shape index (κ3) is 1.21. The molecule has 0 radical (unpaired) electrons. The minimum absolute atomic E-state index is 0.441. The molecule has 0 amide bonds. The number of rotatable bonds is 1. The Labute approximate surface area is 101 Å². The molecule has 3 saturated carbocycles. The maximum atomic E-state index is 11.0. The number of fused-ring (bicyclic) bond motifs is 5. The van der Waals surface area contributed by atoms with Gasteiger partial charge in [0.1, 0.15) is 5.60 Å². The van der Waals surface area contributed by atoms with Crippen LogP contribution >= 0.6 is 0 Å². The van der Waals surface area contributed by atoms with Crippen LogP contribution in [-0.2, 0) is 5.60 Å². The van der Waals surface area contributed by atoms with E-state index in [0.717, 1.165) is 29.9 Å². The second-order valence-corrected chi connectivity index (χ2v) is 6.08. The molecule has 0 aromatic carbocycles. The quantitative estimate of drug-likeness (QED) is 0.803. The zero-order valence-electron chi connectivity index (χ0n) is 9.92. The zero-order valence-corrected chi connectivity index (χ0v) is 9.92. The molecule has 3 fully saturated rings. The fourth-order valence-corrected chi connectivity index (χ4v) is 4.93. The molecule has 0 saturated heterocycles. The molecule has 2 bridgehead atoms. The number of hydrogen-bond acceptors (Lipinski definition) is 3. The first-order chi connectivity index (χ1) is 8.29. The van der Waals surface area contributed by atoms with Gasteiger partial charge in [-0.1, -0.05) is 6.42 Å². The maximum absolute atomic E-state index is 11.0. The summed E-state index contributed by atoms with van der Waals surface area (Å²) < 4.78 is 0. The Kier molecular flexibility index (Phi) is 1.93. The molecule has 3 heteroatoms. The Bertz CT molecular complexity index is 435. The Morgan fingerprint density at radius 1 is 1.24 bits per heavy atom. The largest absolute Gasteiger partial charge is 0.383 e. The lowest BCUT2D eigenvalue weighted by Gasteiger charge is -2.38. The third-order valence-electron chi connectivity index (χ3n) is 5.50. The van der Waals surface area contributed by atoms with Crippen LogP contribution in [0.2, 0.25) is 0 Å². The first-order valence-electron chi connectivity index (χ1n) is 6.78. The highest BCUT2D eigenvalue weighted by molar-refractivity contribution is 5.19. The van der Waals surface area contributed by atoms with Crippen molar-refractivity contribution < 1.29 is 5.11 Å². The summed E-state index contributed by atoms with van der Waals surface area (Å²) in [6.07, 6.45) is 11.3.